The van der Waals surface area contributed by atoms with Crippen LogP contribution in [0.1, 0.15) is 31.7 Å². The van der Waals surface area contributed by atoms with Crippen LogP contribution in [0, 0.1) is 5.92 Å². The van der Waals surface area contributed by atoms with Gasteiger partial charge >= 0.3 is 0 Å². The highest BCUT2D eigenvalue weighted by Gasteiger charge is 2.23. The summed E-state index contributed by atoms with van der Waals surface area (Å²) >= 11 is 12.1. The molecule has 0 spiro atoms. The minimum absolute atomic E-state index is 0.526. The first-order valence-corrected chi connectivity index (χ1v) is 7.25. The summed E-state index contributed by atoms with van der Waals surface area (Å²) in [7, 11) is 0. The second kappa shape index (κ2) is 5.97. The number of rotatable bonds is 4. The molecule has 0 radical (unpaired) electrons. The van der Waals surface area contributed by atoms with Gasteiger partial charge in [-0.3, -0.25) is 0 Å². The highest BCUT2D eigenvalue weighted by molar-refractivity contribution is 6.33. The molecule has 1 heterocycles. The van der Waals surface area contributed by atoms with Crippen LogP contribution in [-0.2, 0) is 5.88 Å². The second-order valence-corrected chi connectivity index (χ2v) is 5.48. The Labute approximate surface area is 114 Å². The zero-order valence-corrected chi connectivity index (χ0v) is 11.8. The average Bonchev–Trinajstić information content (AvgIpc) is 2.78. The summed E-state index contributed by atoms with van der Waals surface area (Å²) in [5, 5.41) is 0.834. The topological polar surface area (TPSA) is 3.24 Å². The van der Waals surface area contributed by atoms with Gasteiger partial charge in [0.2, 0.25) is 0 Å². The number of hydrogen-bond donors (Lipinski definition) is 0. The van der Waals surface area contributed by atoms with Crippen molar-refractivity contribution < 1.29 is 0 Å². The molecule has 17 heavy (non-hydrogen) atoms. The Bertz CT molecular complexity index is 378. The number of alkyl halides is 1. The molecule has 1 unspecified atom stereocenters. The van der Waals surface area contributed by atoms with Gasteiger partial charge in [-0.2, -0.15) is 0 Å². The Hall–Kier alpha value is -0.400. The van der Waals surface area contributed by atoms with Crippen molar-refractivity contribution in [2.45, 2.75) is 32.1 Å². The molecule has 1 fully saturated rings. The van der Waals surface area contributed by atoms with Gasteiger partial charge in [0.05, 0.1) is 10.7 Å². The third-order valence-electron chi connectivity index (χ3n) is 3.49. The van der Waals surface area contributed by atoms with Gasteiger partial charge in [-0.15, -0.1) is 11.6 Å². The van der Waals surface area contributed by atoms with E-state index in [1.165, 1.54) is 24.9 Å². The maximum Gasteiger partial charge on any atom is 0.0642 e. The van der Waals surface area contributed by atoms with Crippen molar-refractivity contribution in [1.82, 2.24) is 0 Å². The third kappa shape index (κ3) is 3.08. The molecule has 1 saturated heterocycles. The molecule has 0 amide bonds. The standard InChI is InChI=1S/C14H19Cl2N/c1-2-3-11-6-7-17(10-11)14-5-4-12(9-15)8-13(14)16/h4-5,8,11H,2-3,6-7,9-10H2,1H3. The number of nitrogens with zero attached hydrogens (tertiary/aromatic N) is 1. The fourth-order valence-corrected chi connectivity index (χ4v) is 3.07. The molecule has 1 aromatic carbocycles. The quantitative estimate of drug-likeness (QED) is 0.718. The van der Waals surface area contributed by atoms with Gasteiger partial charge < -0.3 is 4.90 Å². The zero-order chi connectivity index (χ0) is 12.3. The van der Waals surface area contributed by atoms with Crippen molar-refractivity contribution in [3.05, 3.63) is 28.8 Å². The number of anilines is 1. The minimum atomic E-state index is 0.526. The van der Waals surface area contributed by atoms with E-state index < -0.39 is 0 Å². The van der Waals surface area contributed by atoms with Gasteiger partial charge in [0.1, 0.15) is 0 Å². The second-order valence-electron chi connectivity index (χ2n) is 4.81. The molecule has 0 saturated carbocycles. The van der Waals surface area contributed by atoms with E-state index in [0.717, 1.165) is 29.6 Å². The summed E-state index contributed by atoms with van der Waals surface area (Å²) in [5.41, 5.74) is 2.25. The van der Waals surface area contributed by atoms with E-state index >= 15 is 0 Å². The lowest BCUT2D eigenvalue weighted by atomic mass is 10.0. The zero-order valence-electron chi connectivity index (χ0n) is 10.3. The van der Waals surface area contributed by atoms with Gasteiger partial charge in [0, 0.05) is 19.0 Å². The van der Waals surface area contributed by atoms with Crippen LogP contribution in [0.5, 0.6) is 0 Å². The van der Waals surface area contributed by atoms with Crippen molar-refractivity contribution in [1.29, 1.82) is 0 Å². The summed E-state index contributed by atoms with van der Waals surface area (Å²) in [6.07, 6.45) is 3.90. The first kappa shape index (κ1) is 13.0. The largest absolute Gasteiger partial charge is 0.370 e. The van der Waals surface area contributed by atoms with E-state index in [1.807, 2.05) is 6.07 Å². The molecule has 1 aliphatic rings. The van der Waals surface area contributed by atoms with E-state index in [9.17, 15) is 0 Å². The van der Waals surface area contributed by atoms with Gasteiger partial charge in [-0.25, -0.2) is 0 Å². The molecule has 1 nitrogen and oxygen atoms in total. The van der Waals surface area contributed by atoms with Crippen LogP contribution < -0.4 is 4.90 Å². The Morgan fingerprint density at radius 1 is 1.41 bits per heavy atom. The summed E-state index contributed by atoms with van der Waals surface area (Å²) < 4.78 is 0. The number of halogens is 2. The molecule has 0 aliphatic carbocycles. The van der Waals surface area contributed by atoms with Crippen LogP contribution >= 0.6 is 23.2 Å². The van der Waals surface area contributed by atoms with Crippen molar-refractivity contribution in [2.24, 2.45) is 5.92 Å². The number of benzene rings is 1. The molecule has 0 bridgehead atoms. The van der Waals surface area contributed by atoms with Crippen molar-refractivity contribution in [2.75, 3.05) is 18.0 Å². The summed E-state index contributed by atoms with van der Waals surface area (Å²) in [6.45, 7) is 4.53. The summed E-state index contributed by atoms with van der Waals surface area (Å²) in [5.74, 6) is 1.36. The van der Waals surface area contributed by atoms with E-state index in [4.69, 9.17) is 23.2 Å². The van der Waals surface area contributed by atoms with Crippen molar-refractivity contribution in [3.63, 3.8) is 0 Å². The lowest BCUT2D eigenvalue weighted by Crippen LogP contribution is -2.19. The average molecular weight is 272 g/mol. The Morgan fingerprint density at radius 3 is 2.88 bits per heavy atom. The van der Waals surface area contributed by atoms with Crippen LogP contribution in [0.4, 0.5) is 5.69 Å². The monoisotopic (exact) mass is 271 g/mol. The first-order valence-electron chi connectivity index (χ1n) is 6.34. The van der Waals surface area contributed by atoms with Crippen molar-refractivity contribution in [3.8, 4) is 0 Å². The third-order valence-corrected chi connectivity index (χ3v) is 4.10. The highest BCUT2D eigenvalue weighted by atomic mass is 35.5. The Morgan fingerprint density at radius 2 is 2.24 bits per heavy atom. The van der Waals surface area contributed by atoms with E-state index in [1.54, 1.807) is 0 Å². The van der Waals surface area contributed by atoms with Gasteiger partial charge in [-0.1, -0.05) is 31.0 Å². The van der Waals surface area contributed by atoms with E-state index in [-0.39, 0.29) is 0 Å². The maximum atomic E-state index is 6.31. The molecule has 94 valence electrons. The van der Waals surface area contributed by atoms with Crippen LogP contribution in [0.25, 0.3) is 0 Å². The van der Waals surface area contributed by atoms with Crippen LogP contribution in [-0.4, -0.2) is 13.1 Å². The molecule has 0 aromatic heterocycles. The normalized spacial score (nSPS) is 19.9. The Balaban J connectivity index is 2.08. The molecule has 2 rings (SSSR count). The van der Waals surface area contributed by atoms with Crippen molar-refractivity contribution >= 4 is 28.9 Å². The first-order chi connectivity index (χ1) is 8.24. The van der Waals surface area contributed by atoms with E-state index in [0.29, 0.717) is 5.88 Å². The highest BCUT2D eigenvalue weighted by Crippen LogP contribution is 2.32. The predicted molar refractivity (Wildman–Crippen MR) is 76.2 cm³/mol. The number of hydrogen-bond acceptors (Lipinski definition) is 1. The predicted octanol–water partition coefficient (Wildman–Crippen LogP) is 4.71. The molecule has 3 heteroatoms. The summed E-state index contributed by atoms with van der Waals surface area (Å²) in [4.78, 5) is 2.40. The smallest absolute Gasteiger partial charge is 0.0642 e. The van der Waals surface area contributed by atoms with Crippen LogP contribution in [0.2, 0.25) is 5.02 Å². The minimum Gasteiger partial charge on any atom is -0.370 e. The van der Waals surface area contributed by atoms with Gasteiger partial charge in [-0.05, 0) is 36.5 Å². The van der Waals surface area contributed by atoms with Gasteiger partial charge in [0.25, 0.3) is 0 Å². The SMILES string of the molecule is CCCC1CCN(c2ccc(CCl)cc2Cl)C1. The maximum absolute atomic E-state index is 6.31. The Kier molecular flexibility index (Phi) is 4.58. The molecule has 1 atom stereocenters. The fourth-order valence-electron chi connectivity index (χ4n) is 2.59. The molecule has 1 aromatic rings. The van der Waals surface area contributed by atoms with Crippen LogP contribution in [0.15, 0.2) is 18.2 Å². The molecule has 0 N–H and O–H groups in total. The molecular formula is C14H19Cl2N. The fraction of sp³-hybridized carbons (Fsp3) is 0.571. The molecule has 1 aliphatic heterocycles. The van der Waals surface area contributed by atoms with E-state index in [2.05, 4.69) is 24.0 Å². The summed E-state index contributed by atoms with van der Waals surface area (Å²) in [6, 6.07) is 6.16. The van der Waals surface area contributed by atoms with Crippen LogP contribution in [0.3, 0.4) is 0 Å². The lowest BCUT2D eigenvalue weighted by Gasteiger charge is -2.20. The lowest BCUT2D eigenvalue weighted by molar-refractivity contribution is 0.530. The molecular weight excluding hydrogens is 253 g/mol. The van der Waals surface area contributed by atoms with Gasteiger partial charge in [0.15, 0.2) is 0 Å².